The monoisotopic (exact) mass is 286 g/mol. The molecule has 2 rings (SSSR count). The Balaban J connectivity index is 2.22. The molecule has 0 spiro atoms. The van der Waals surface area contributed by atoms with Crippen LogP contribution in [0.1, 0.15) is 36.9 Å². The molecule has 0 heterocycles. The van der Waals surface area contributed by atoms with Gasteiger partial charge in [-0.3, -0.25) is 9.69 Å². The number of alkyl halides is 3. The summed E-state index contributed by atoms with van der Waals surface area (Å²) in [7, 11) is 0. The van der Waals surface area contributed by atoms with Crippen LogP contribution in [-0.4, -0.2) is 23.4 Å². The third kappa shape index (κ3) is 3.50. The number of hydrogen-bond donors (Lipinski definition) is 1. The molecule has 0 unspecified atom stereocenters. The number of benzene rings is 1. The normalized spacial score (nSPS) is 17.2. The molecule has 1 aromatic rings. The molecule has 0 aromatic heterocycles. The standard InChI is InChI=1S/C14H17F3N2O/c1-9(19(8-13(18)20)12-5-6-12)10-3-2-4-11(7-10)14(15,16)17/h2-4,7,9,12H,5-6,8H2,1H3,(H2,18,20)/t9-/m1/s1. The molecule has 1 atom stereocenters. The number of amides is 1. The quantitative estimate of drug-likeness (QED) is 0.904. The molecule has 1 saturated carbocycles. The zero-order valence-electron chi connectivity index (χ0n) is 11.2. The van der Waals surface area contributed by atoms with Crippen LogP contribution in [0.3, 0.4) is 0 Å². The van der Waals surface area contributed by atoms with Crippen molar-refractivity contribution in [3.05, 3.63) is 35.4 Å². The number of rotatable bonds is 5. The smallest absolute Gasteiger partial charge is 0.369 e. The Morgan fingerprint density at radius 3 is 2.60 bits per heavy atom. The molecule has 0 radical (unpaired) electrons. The zero-order chi connectivity index (χ0) is 14.9. The first-order valence-electron chi connectivity index (χ1n) is 6.50. The number of nitrogens with zero attached hydrogens (tertiary/aromatic N) is 1. The third-order valence-corrected chi connectivity index (χ3v) is 3.55. The van der Waals surface area contributed by atoms with E-state index in [1.165, 1.54) is 6.07 Å². The highest BCUT2D eigenvalue weighted by Gasteiger charge is 2.35. The van der Waals surface area contributed by atoms with Gasteiger partial charge in [0.1, 0.15) is 0 Å². The molecule has 1 aliphatic carbocycles. The van der Waals surface area contributed by atoms with Crippen LogP contribution in [0.5, 0.6) is 0 Å². The predicted octanol–water partition coefficient (Wildman–Crippen LogP) is 2.72. The number of primary amides is 1. The molecule has 20 heavy (non-hydrogen) atoms. The maximum Gasteiger partial charge on any atom is 0.416 e. The summed E-state index contributed by atoms with van der Waals surface area (Å²) in [5.41, 5.74) is 5.09. The highest BCUT2D eigenvalue weighted by molar-refractivity contribution is 5.76. The van der Waals surface area contributed by atoms with E-state index in [1.807, 2.05) is 4.90 Å². The summed E-state index contributed by atoms with van der Waals surface area (Å²) in [5, 5.41) is 0. The van der Waals surface area contributed by atoms with E-state index in [4.69, 9.17) is 5.73 Å². The molecule has 0 bridgehead atoms. The van der Waals surface area contributed by atoms with E-state index in [0.717, 1.165) is 25.0 Å². The Kier molecular flexibility index (Phi) is 4.04. The number of nitrogens with two attached hydrogens (primary N) is 1. The number of carbonyl (C=O) groups is 1. The van der Waals surface area contributed by atoms with Crippen molar-refractivity contribution in [1.82, 2.24) is 4.90 Å². The van der Waals surface area contributed by atoms with Crippen molar-refractivity contribution in [2.45, 2.75) is 38.0 Å². The summed E-state index contributed by atoms with van der Waals surface area (Å²) in [4.78, 5) is 13.0. The Hall–Kier alpha value is -1.56. The highest BCUT2D eigenvalue weighted by Crippen LogP contribution is 2.36. The van der Waals surface area contributed by atoms with Gasteiger partial charge in [-0.25, -0.2) is 0 Å². The molecule has 3 nitrogen and oxygen atoms in total. The van der Waals surface area contributed by atoms with E-state index in [0.29, 0.717) is 5.56 Å². The summed E-state index contributed by atoms with van der Waals surface area (Å²) in [6.45, 7) is 1.87. The molecule has 6 heteroatoms. The first-order valence-corrected chi connectivity index (χ1v) is 6.50. The van der Waals surface area contributed by atoms with E-state index in [2.05, 4.69) is 0 Å². The van der Waals surface area contributed by atoms with Crippen LogP contribution in [0.4, 0.5) is 13.2 Å². The average Bonchev–Trinajstić information content (AvgIpc) is 3.18. The molecule has 1 aromatic carbocycles. The third-order valence-electron chi connectivity index (χ3n) is 3.55. The van der Waals surface area contributed by atoms with Gasteiger partial charge < -0.3 is 5.73 Å². The summed E-state index contributed by atoms with van der Waals surface area (Å²) < 4.78 is 38.2. The summed E-state index contributed by atoms with van der Waals surface area (Å²) in [5.74, 6) is -0.462. The first kappa shape index (κ1) is 14.8. The minimum atomic E-state index is -4.36. The van der Waals surface area contributed by atoms with Gasteiger partial charge in [-0.15, -0.1) is 0 Å². The lowest BCUT2D eigenvalue weighted by molar-refractivity contribution is -0.137. The average molecular weight is 286 g/mol. The number of carbonyl (C=O) groups excluding carboxylic acids is 1. The second-order valence-electron chi connectivity index (χ2n) is 5.17. The van der Waals surface area contributed by atoms with Gasteiger partial charge in [0.15, 0.2) is 0 Å². The van der Waals surface area contributed by atoms with Gasteiger partial charge in [0.2, 0.25) is 5.91 Å². The van der Waals surface area contributed by atoms with E-state index < -0.39 is 17.6 Å². The fraction of sp³-hybridized carbons (Fsp3) is 0.500. The predicted molar refractivity (Wildman–Crippen MR) is 68.8 cm³/mol. The molecule has 0 saturated heterocycles. The van der Waals surface area contributed by atoms with Gasteiger partial charge in [-0.1, -0.05) is 12.1 Å². The van der Waals surface area contributed by atoms with Crippen molar-refractivity contribution in [3.63, 3.8) is 0 Å². The highest BCUT2D eigenvalue weighted by atomic mass is 19.4. The van der Waals surface area contributed by atoms with Crippen molar-refractivity contribution in [1.29, 1.82) is 0 Å². The fourth-order valence-electron chi connectivity index (χ4n) is 2.33. The minimum absolute atomic E-state index is 0.0715. The van der Waals surface area contributed by atoms with E-state index in [1.54, 1.807) is 13.0 Å². The molecular weight excluding hydrogens is 269 g/mol. The summed E-state index contributed by atoms with van der Waals surface area (Å²) >= 11 is 0. The lowest BCUT2D eigenvalue weighted by Gasteiger charge is -2.28. The molecule has 1 aliphatic rings. The Labute approximate surface area is 115 Å². The fourth-order valence-corrected chi connectivity index (χ4v) is 2.33. The van der Waals surface area contributed by atoms with Crippen molar-refractivity contribution in [2.24, 2.45) is 5.73 Å². The second-order valence-corrected chi connectivity index (χ2v) is 5.17. The van der Waals surface area contributed by atoms with E-state index in [9.17, 15) is 18.0 Å². The second kappa shape index (κ2) is 5.44. The van der Waals surface area contributed by atoms with Gasteiger partial charge in [-0.2, -0.15) is 13.2 Å². The van der Waals surface area contributed by atoms with Gasteiger partial charge in [0, 0.05) is 12.1 Å². The van der Waals surface area contributed by atoms with Crippen LogP contribution in [0.15, 0.2) is 24.3 Å². The van der Waals surface area contributed by atoms with Crippen LogP contribution in [0.25, 0.3) is 0 Å². The van der Waals surface area contributed by atoms with E-state index in [-0.39, 0.29) is 18.6 Å². The molecular formula is C14H17F3N2O. The lowest BCUT2D eigenvalue weighted by atomic mass is 10.0. The van der Waals surface area contributed by atoms with Crippen molar-refractivity contribution in [2.75, 3.05) is 6.54 Å². The van der Waals surface area contributed by atoms with Crippen molar-refractivity contribution >= 4 is 5.91 Å². The minimum Gasteiger partial charge on any atom is -0.369 e. The number of halogens is 3. The first-order chi connectivity index (χ1) is 9.29. The SMILES string of the molecule is C[C@H](c1cccc(C(F)(F)F)c1)N(CC(N)=O)C1CC1. The molecule has 1 fully saturated rings. The van der Waals surface area contributed by atoms with Crippen LogP contribution >= 0.6 is 0 Å². The van der Waals surface area contributed by atoms with Gasteiger partial charge in [0.05, 0.1) is 12.1 Å². The molecule has 1 amide bonds. The van der Waals surface area contributed by atoms with Gasteiger partial charge >= 0.3 is 6.18 Å². The van der Waals surface area contributed by atoms with Crippen LogP contribution in [0, 0.1) is 0 Å². The Bertz CT molecular complexity index is 497. The maximum atomic E-state index is 12.7. The molecule has 2 N–H and O–H groups in total. The largest absolute Gasteiger partial charge is 0.416 e. The van der Waals surface area contributed by atoms with Crippen LogP contribution in [-0.2, 0) is 11.0 Å². The Morgan fingerprint density at radius 1 is 1.45 bits per heavy atom. The summed E-state index contributed by atoms with van der Waals surface area (Å²) in [6.07, 6.45) is -2.45. The van der Waals surface area contributed by atoms with Gasteiger partial charge in [-0.05, 0) is 37.5 Å². The van der Waals surface area contributed by atoms with Gasteiger partial charge in [0.25, 0.3) is 0 Å². The molecule has 110 valence electrons. The molecule has 0 aliphatic heterocycles. The zero-order valence-corrected chi connectivity index (χ0v) is 11.2. The lowest BCUT2D eigenvalue weighted by Crippen LogP contribution is -2.37. The number of hydrogen-bond acceptors (Lipinski definition) is 2. The van der Waals surface area contributed by atoms with E-state index >= 15 is 0 Å². The topological polar surface area (TPSA) is 46.3 Å². The summed E-state index contributed by atoms with van der Waals surface area (Å²) in [6, 6.07) is 5.21. The van der Waals surface area contributed by atoms with Crippen LogP contribution in [0.2, 0.25) is 0 Å². The van der Waals surface area contributed by atoms with Crippen LogP contribution < -0.4 is 5.73 Å². The maximum absolute atomic E-state index is 12.7. The van der Waals surface area contributed by atoms with Crippen molar-refractivity contribution < 1.29 is 18.0 Å². The van der Waals surface area contributed by atoms with Crippen molar-refractivity contribution in [3.8, 4) is 0 Å². The Morgan fingerprint density at radius 2 is 2.10 bits per heavy atom.